The molecule has 1 fully saturated rings. The molecule has 0 bridgehead atoms. The van der Waals surface area contributed by atoms with E-state index in [2.05, 4.69) is 56.2 Å². The summed E-state index contributed by atoms with van der Waals surface area (Å²) in [5, 5.41) is 3.62. The molecule has 1 N–H and O–H groups in total. The molecule has 0 spiro atoms. The minimum Gasteiger partial charge on any atom is -0.377 e. The number of likely N-dealkylation sites (N-methyl/N-ethyl adjacent to an activating group) is 2. The van der Waals surface area contributed by atoms with Crippen LogP contribution in [0.1, 0.15) is 42.5 Å². The fourth-order valence-electron chi connectivity index (χ4n) is 3.04. The summed E-state index contributed by atoms with van der Waals surface area (Å²) in [5.74, 6) is 0. The first kappa shape index (κ1) is 16.5. The van der Waals surface area contributed by atoms with Gasteiger partial charge in [0.1, 0.15) is 0 Å². The number of nitrogens with zero attached hydrogens (tertiary/aromatic N) is 1. The number of hydrogen-bond donors (Lipinski definition) is 1. The van der Waals surface area contributed by atoms with E-state index >= 15 is 0 Å². The van der Waals surface area contributed by atoms with Gasteiger partial charge in [0.05, 0.1) is 6.10 Å². The Bertz CT molecular complexity index is 441. The summed E-state index contributed by atoms with van der Waals surface area (Å²) in [4.78, 5) is 2.40. The smallest absolute Gasteiger partial charge is 0.0702 e. The van der Waals surface area contributed by atoms with Crippen LogP contribution in [0, 0.1) is 13.8 Å². The van der Waals surface area contributed by atoms with E-state index in [0.717, 1.165) is 26.2 Å². The Kier molecular flexibility index (Phi) is 6.22. The lowest BCUT2D eigenvalue weighted by atomic mass is 10.0. The lowest BCUT2D eigenvalue weighted by Crippen LogP contribution is -2.37. The molecule has 0 aromatic heterocycles. The quantitative estimate of drug-likeness (QED) is 0.835. The maximum atomic E-state index is 5.74. The third-order valence-corrected chi connectivity index (χ3v) is 4.42. The largest absolute Gasteiger partial charge is 0.377 e. The van der Waals surface area contributed by atoms with Gasteiger partial charge in [-0.25, -0.2) is 0 Å². The summed E-state index contributed by atoms with van der Waals surface area (Å²) in [6, 6.07) is 7.20. The number of nitrogens with one attached hydrogen (secondary N) is 1. The maximum Gasteiger partial charge on any atom is 0.0702 e. The highest BCUT2D eigenvalue weighted by molar-refractivity contribution is 5.31. The standard InChI is InChI=1S/C18H30N2O/c1-5-19-18(16-9-8-14(2)15(3)11-16)13-20(4)12-17-7-6-10-21-17/h8-9,11,17-19H,5-7,10,12-13H2,1-4H3. The molecule has 0 aliphatic carbocycles. The van der Waals surface area contributed by atoms with Crippen LogP contribution in [0.4, 0.5) is 0 Å². The lowest BCUT2D eigenvalue weighted by molar-refractivity contribution is 0.0784. The summed E-state index contributed by atoms with van der Waals surface area (Å²) >= 11 is 0. The fraction of sp³-hybridized carbons (Fsp3) is 0.667. The van der Waals surface area contributed by atoms with Crippen molar-refractivity contribution >= 4 is 0 Å². The summed E-state index contributed by atoms with van der Waals surface area (Å²) in [6.07, 6.45) is 2.85. The van der Waals surface area contributed by atoms with Crippen molar-refractivity contribution in [2.75, 3.05) is 33.3 Å². The van der Waals surface area contributed by atoms with E-state index in [1.165, 1.54) is 29.5 Å². The van der Waals surface area contributed by atoms with Crippen molar-refractivity contribution in [2.45, 2.75) is 45.8 Å². The van der Waals surface area contributed by atoms with Crippen LogP contribution in [0.25, 0.3) is 0 Å². The van der Waals surface area contributed by atoms with Crippen LogP contribution < -0.4 is 5.32 Å². The van der Waals surface area contributed by atoms with E-state index in [0.29, 0.717) is 12.1 Å². The normalized spacial score (nSPS) is 20.1. The van der Waals surface area contributed by atoms with Crippen molar-refractivity contribution < 1.29 is 4.74 Å². The number of ether oxygens (including phenoxy) is 1. The zero-order chi connectivity index (χ0) is 15.2. The Labute approximate surface area is 129 Å². The summed E-state index contributed by atoms with van der Waals surface area (Å²) < 4.78 is 5.74. The molecule has 1 saturated heterocycles. The minimum absolute atomic E-state index is 0.390. The van der Waals surface area contributed by atoms with Gasteiger partial charge in [0.2, 0.25) is 0 Å². The van der Waals surface area contributed by atoms with E-state index in [4.69, 9.17) is 4.74 Å². The average molecular weight is 290 g/mol. The van der Waals surface area contributed by atoms with E-state index in [9.17, 15) is 0 Å². The number of rotatable bonds is 7. The molecule has 1 aromatic rings. The third-order valence-electron chi connectivity index (χ3n) is 4.42. The molecule has 118 valence electrons. The monoisotopic (exact) mass is 290 g/mol. The zero-order valence-corrected chi connectivity index (χ0v) is 14.0. The number of aryl methyl sites for hydroxylation is 2. The maximum absolute atomic E-state index is 5.74. The van der Waals surface area contributed by atoms with E-state index in [1.54, 1.807) is 0 Å². The van der Waals surface area contributed by atoms with Crippen molar-refractivity contribution in [1.29, 1.82) is 0 Å². The second-order valence-electron chi connectivity index (χ2n) is 6.31. The SMILES string of the molecule is CCNC(CN(C)CC1CCCO1)c1ccc(C)c(C)c1. The Morgan fingerprint density at radius 3 is 2.76 bits per heavy atom. The Balaban J connectivity index is 1.98. The Morgan fingerprint density at radius 1 is 1.33 bits per heavy atom. The third kappa shape index (κ3) is 4.80. The van der Waals surface area contributed by atoms with Crippen LogP contribution in [0.5, 0.6) is 0 Å². The van der Waals surface area contributed by atoms with Gasteiger partial charge in [0.15, 0.2) is 0 Å². The molecule has 0 saturated carbocycles. The van der Waals surface area contributed by atoms with Crippen molar-refractivity contribution in [3.05, 3.63) is 34.9 Å². The molecule has 1 aliphatic rings. The van der Waals surface area contributed by atoms with Gasteiger partial charge in [-0.15, -0.1) is 0 Å². The molecule has 3 nitrogen and oxygen atoms in total. The number of hydrogen-bond acceptors (Lipinski definition) is 3. The topological polar surface area (TPSA) is 24.5 Å². The average Bonchev–Trinajstić information content (AvgIpc) is 2.94. The van der Waals surface area contributed by atoms with Gasteiger partial charge in [-0.2, -0.15) is 0 Å². The highest BCUT2D eigenvalue weighted by atomic mass is 16.5. The molecule has 0 amide bonds. The lowest BCUT2D eigenvalue weighted by Gasteiger charge is -2.27. The van der Waals surface area contributed by atoms with Gasteiger partial charge in [0, 0.05) is 25.7 Å². The molecule has 1 aliphatic heterocycles. The van der Waals surface area contributed by atoms with Crippen LogP contribution in [0.15, 0.2) is 18.2 Å². The van der Waals surface area contributed by atoms with Crippen LogP contribution in [-0.4, -0.2) is 44.3 Å². The van der Waals surface area contributed by atoms with Crippen LogP contribution >= 0.6 is 0 Å². The molecule has 2 atom stereocenters. The van der Waals surface area contributed by atoms with Gasteiger partial charge in [-0.3, -0.25) is 0 Å². The number of benzene rings is 1. The van der Waals surface area contributed by atoms with Crippen molar-refractivity contribution in [3.8, 4) is 0 Å². The molecule has 3 heteroatoms. The van der Waals surface area contributed by atoms with E-state index < -0.39 is 0 Å². The second-order valence-corrected chi connectivity index (χ2v) is 6.31. The first-order valence-corrected chi connectivity index (χ1v) is 8.20. The summed E-state index contributed by atoms with van der Waals surface area (Å²) in [5.41, 5.74) is 4.12. The van der Waals surface area contributed by atoms with Gasteiger partial charge < -0.3 is 15.0 Å². The van der Waals surface area contributed by atoms with Crippen molar-refractivity contribution in [3.63, 3.8) is 0 Å². The Morgan fingerprint density at radius 2 is 2.14 bits per heavy atom. The van der Waals surface area contributed by atoms with E-state index in [-0.39, 0.29) is 0 Å². The Hall–Kier alpha value is -0.900. The first-order chi connectivity index (χ1) is 10.1. The molecule has 1 aromatic carbocycles. The first-order valence-electron chi connectivity index (χ1n) is 8.20. The van der Waals surface area contributed by atoms with Gasteiger partial charge >= 0.3 is 0 Å². The highest BCUT2D eigenvalue weighted by Gasteiger charge is 2.20. The van der Waals surface area contributed by atoms with Gasteiger partial charge in [-0.1, -0.05) is 25.1 Å². The molecule has 21 heavy (non-hydrogen) atoms. The van der Waals surface area contributed by atoms with Crippen LogP contribution in [0.2, 0.25) is 0 Å². The molecule has 1 heterocycles. The zero-order valence-electron chi connectivity index (χ0n) is 14.0. The van der Waals surface area contributed by atoms with Gasteiger partial charge in [-0.05, 0) is 57.0 Å². The fourth-order valence-corrected chi connectivity index (χ4v) is 3.04. The summed E-state index contributed by atoms with van der Waals surface area (Å²) in [6.45, 7) is 10.5. The van der Waals surface area contributed by atoms with Crippen LogP contribution in [-0.2, 0) is 4.74 Å². The highest BCUT2D eigenvalue weighted by Crippen LogP contribution is 2.19. The predicted octanol–water partition coefficient (Wildman–Crippen LogP) is 3.06. The van der Waals surface area contributed by atoms with Crippen molar-refractivity contribution in [2.24, 2.45) is 0 Å². The molecule has 2 rings (SSSR count). The summed E-state index contributed by atoms with van der Waals surface area (Å²) in [7, 11) is 2.20. The van der Waals surface area contributed by atoms with Crippen molar-refractivity contribution in [1.82, 2.24) is 10.2 Å². The minimum atomic E-state index is 0.390. The molecular weight excluding hydrogens is 260 g/mol. The molecule has 0 radical (unpaired) electrons. The predicted molar refractivity (Wildman–Crippen MR) is 88.8 cm³/mol. The van der Waals surface area contributed by atoms with Gasteiger partial charge in [0.25, 0.3) is 0 Å². The van der Waals surface area contributed by atoms with Crippen LogP contribution in [0.3, 0.4) is 0 Å². The van der Waals surface area contributed by atoms with E-state index in [1.807, 2.05) is 0 Å². The molecular formula is C18H30N2O. The molecule has 2 unspecified atom stereocenters. The second kappa shape index (κ2) is 7.92.